The maximum atomic E-state index is 11.5. The summed E-state index contributed by atoms with van der Waals surface area (Å²) in [6.45, 7) is 0. The zero-order valence-electron chi connectivity index (χ0n) is 14.6. The Morgan fingerprint density at radius 3 is 2.21 bits per heavy atom. The molecule has 140 valence electrons. The lowest BCUT2D eigenvalue weighted by molar-refractivity contribution is -0.393. The van der Waals surface area contributed by atoms with Crippen LogP contribution in [-0.4, -0.2) is 29.8 Å². The number of H-pyrrole nitrogens is 1. The van der Waals surface area contributed by atoms with E-state index in [2.05, 4.69) is 19.9 Å². The average Bonchev–Trinajstić information content (AvgIpc) is 3.19. The maximum Gasteiger partial charge on any atom is 0.287 e. The van der Waals surface area contributed by atoms with Gasteiger partial charge < -0.3 is 4.98 Å². The van der Waals surface area contributed by atoms with Crippen molar-refractivity contribution in [2.24, 2.45) is 0 Å². The Labute approximate surface area is 161 Å². The maximum absolute atomic E-state index is 11.5. The zero-order valence-corrected chi connectivity index (χ0v) is 14.6. The number of nitrogens with one attached hydrogen (secondary N) is 1. The molecule has 10 nitrogen and oxygen atoms in total. The molecule has 2 aromatic carbocycles. The Kier molecular flexibility index (Phi) is 3.47. The summed E-state index contributed by atoms with van der Waals surface area (Å²) in [5.41, 5.74) is 2.01. The van der Waals surface area contributed by atoms with E-state index in [4.69, 9.17) is 0 Å². The van der Waals surface area contributed by atoms with Crippen molar-refractivity contribution in [3.63, 3.8) is 0 Å². The molecule has 0 saturated heterocycles. The van der Waals surface area contributed by atoms with E-state index in [1.807, 2.05) is 12.1 Å². The number of hydrogen-bond donors (Lipinski definition) is 1. The molecule has 5 rings (SSSR count). The van der Waals surface area contributed by atoms with Crippen LogP contribution in [0.4, 0.5) is 11.4 Å². The van der Waals surface area contributed by atoms with Crippen LogP contribution in [0, 0.1) is 20.2 Å². The molecule has 29 heavy (non-hydrogen) atoms. The van der Waals surface area contributed by atoms with E-state index < -0.39 is 15.5 Å². The summed E-state index contributed by atoms with van der Waals surface area (Å²) in [5, 5.41) is 24.1. The van der Waals surface area contributed by atoms with Crippen LogP contribution in [0.25, 0.3) is 44.2 Å². The van der Waals surface area contributed by atoms with Gasteiger partial charge in [-0.2, -0.15) is 0 Å². The summed E-state index contributed by atoms with van der Waals surface area (Å²) in [5.74, 6) is 0.239. The van der Waals surface area contributed by atoms with Crippen molar-refractivity contribution in [3.05, 3.63) is 75.1 Å². The number of rotatable bonds is 3. The van der Waals surface area contributed by atoms with Crippen LogP contribution in [0.3, 0.4) is 0 Å². The second-order valence-electron chi connectivity index (χ2n) is 6.32. The second-order valence-corrected chi connectivity index (χ2v) is 6.32. The molecular formula is C19H10N6O4. The highest BCUT2D eigenvalue weighted by atomic mass is 16.6. The van der Waals surface area contributed by atoms with Crippen molar-refractivity contribution in [2.75, 3.05) is 0 Å². The second kappa shape index (κ2) is 6.02. The molecule has 0 aliphatic carbocycles. The Morgan fingerprint density at radius 2 is 1.52 bits per heavy atom. The predicted molar refractivity (Wildman–Crippen MR) is 105 cm³/mol. The third-order valence-corrected chi connectivity index (χ3v) is 4.71. The average molecular weight is 386 g/mol. The number of nitrogens with zero attached hydrogens (tertiary/aromatic N) is 5. The van der Waals surface area contributed by atoms with Gasteiger partial charge in [0.05, 0.1) is 43.5 Å². The van der Waals surface area contributed by atoms with Crippen molar-refractivity contribution < 1.29 is 9.85 Å². The van der Waals surface area contributed by atoms with Crippen molar-refractivity contribution in [3.8, 4) is 11.4 Å². The Balaban J connectivity index is 1.87. The van der Waals surface area contributed by atoms with Crippen LogP contribution in [0.15, 0.2) is 54.9 Å². The Bertz CT molecular complexity index is 1400. The molecule has 0 spiro atoms. The molecule has 3 heterocycles. The van der Waals surface area contributed by atoms with E-state index in [0.717, 1.165) is 16.8 Å². The van der Waals surface area contributed by atoms with E-state index in [1.54, 1.807) is 24.5 Å². The quantitative estimate of drug-likeness (QED) is 0.279. The van der Waals surface area contributed by atoms with Gasteiger partial charge in [0.1, 0.15) is 5.82 Å². The highest BCUT2D eigenvalue weighted by Gasteiger charge is 2.24. The molecule has 0 aliphatic rings. The summed E-state index contributed by atoms with van der Waals surface area (Å²) >= 11 is 0. The number of fused-ring (bicyclic) bond motifs is 6. The summed E-state index contributed by atoms with van der Waals surface area (Å²) in [4.78, 5) is 37.8. The minimum absolute atomic E-state index is 0.158. The number of benzene rings is 2. The SMILES string of the molecule is O=[N+]([O-])c1ccc(-c2nc3c4cccnc4c4ncccc4c3[nH]2)c([N+](=O)[O-])c1. The first-order chi connectivity index (χ1) is 14.0. The first kappa shape index (κ1) is 16.7. The number of non-ortho nitro benzene ring substituents is 1. The molecule has 0 radical (unpaired) electrons. The third kappa shape index (κ3) is 2.46. The Hall–Kier alpha value is -4.47. The number of nitro groups is 2. The predicted octanol–water partition coefficient (Wildman–Crippen LogP) is 4.14. The highest BCUT2D eigenvalue weighted by Crippen LogP contribution is 2.36. The molecule has 0 bridgehead atoms. The molecule has 0 amide bonds. The lowest BCUT2D eigenvalue weighted by Gasteiger charge is -2.03. The van der Waals surface area contributed by atoms with Gasteiger partial charge in [-0.3, -0.25) is 30.2 Å². The van der Waals surface area contributed by atoms with Gasteiger partial charge >= 0.3 is 0 Å². The smallest absolute Gasteiger partial charge is 0.287 e. The first-order valence-electron chi connectivity index (χ1n) is 8.49. The molecule has 0 aliphatic heterocycles. The van der Waals surface area contributed by atoms with Crippen LogP contribution >= 0.6 is 0 Å². The molecule has 3 aromatic heterocycles. The fraction of sp³-hybridized carbons (Fsp3) is 0. The van der Waals surface area contributed by atoms with Gasteiger partial charge in [0, 0.05) is 29.2 Å². The van der Waals surface area contributed by atoms with Crippen LogP contribution in [0.5, 0.6) is 0 Å². The summed E-state index contributed by atoms with van der Waals surface area (Å²) in [6, 6.07) is 10.8. The topological polar surface area (TPSA) is 141 Å². The van der Waals surface area contributed by atoms with Crippen molar-refractivity contribution >= 4 is 44.2 Å². The molecule has 1 N–H and O–H groups in total. The van der Waals surface area contributed by atoms with Crippen LogP contribution in [0.2, 0.25) is 0 Å². The van der Waals surface area contributed by atoms with Gasteiger partial charge in [-0.15, -0.1) is 0 Å². The number of aromatic nitrogens is 4. The normalized spacial score (nSPS) is 11.3. The van der Waals surface area contributed by atoms with E-state index in [9.17, 15) is 20.2 Å². The number of nitro benzene ring substituents is 2. The molecule has 10 heteroatoms. The molecule has 0 atom stereocenters. The number of hydrogen-bond acceptors (Lipinski definition) is 7. The van der Waals surface area contributed by atoms with Gasteiger partial charge in [-0.05, 0) is 30.3 Å². The number of aromatic amines is 1. The molecule has 0 saturated carbocycles. The Morgan fingerprint density at radius 1 is 0.828 bits per heavy atom. The largest absolute Gasteiger partial charge is 0.337 e. The number of pyridine rings is 2. The van der Waals surface area contributed by atoms with E-state index in [1.165, 1.54) is 12.1 Å². The minimum atomic E-state index is -0.673. The fourth-order valence-corrected chi connectivity index (χ4v) is 3.46. The van der Waals surface area contributed by atoms with Gasteiger partial charge in [0.25, 0.3) is 11.4 Å². The molecule has 0 fully saturated rings. The minimum Gasteiger partial charge on any atom is -0.337 e. The van der Waals surface area contributed by atoms with Gasteiger partial charge in [-0.1, -0.05) is 0 Å². The highest BCUT2D eigenvalue weighted by molar-refractivity contribution is 6.21. The summed E-state index contributed by atoms with van der Waals surface area (Å²) in [7, 11) is 0. The molecule has 0 unspecified atom stereocenters. The number of imidazole rings is 1. The van der Waals surface area contributed by atoms with Crippen LogP contribution in [-0.2, 0) is 0 Å². The van der Waals surface area contributed by atoms with Gasteiger partial charge in [-0.25, -0.2) is 4.98 Å². The van der Waals surface area contributed by atoms with Crippen molar-refractivity contribution in [1.82, 2.24) is 19.9 Å². The first-order valence-corrected chi connectivity index (χ1v) is 8.49. The van der Waals surface area contributed by atoms with Crippen molar-refractivity contribution in [1.29, 1.82) is 0 Å². The standard InChI is InChI=1S/C19H10N6O4/c26-24(27)10-5-6-11(14(9-10)25(28)29)19-22-17-12-3-1-7-20-15(12)16-13(18(17)23-19)4-2-8-21-16/h1-9H,(H,22,23). The van der Waals surface area contributed by atoms with E-state index in [0.29, 0.717) is 22.1 Å². The monoisotopic (exact) mass is 386 g/mol. The molecule has 5 aromatic rings. The lowest BCUT2D eigenvalue weighted by atomic mass is 10.1. The fourth-order valence-electron chi connectivity index (χ4n) is 3.46. The van der Waals surface area contributed by atoms with Gasteiger partial charge in [0.2, 0.25) is 0 Å². The van der Waals surface area contributed by atoms with Crippen LogP contribution < -0.4 is 0 Å². The van der Waals surface area contributed by atoms with Crippen LogP contribution in [0.1, 0.15) is 0 Å². The summed E-state index contributed by atoms with van der Waals surface area (Å²) < 4.78 is 0. The zero-order chi connectivity index (χ0) is 20.1. The summed E-state index contributed by atoms with van der Waals surface area (Å²) in [6.07, 6.45) is 3.33. The van der Waals surface area contributed by atoms with Gasteiger partial charge in [0.15, 0.2) is 0 Å². The van der Waals surface area contributed by atoms with E-state index >= 15 is 0 Å². The van der Waals surface area contributed by atoms with E-state index in [-0.39, 0.29) is 17.1 Å². The van der Waals surface area contributed by atoms with Crippen molar-refractivity contribution in [2.45, 2.75) is 0 Å². The lowest BCUT2D eigenvalue weighted by Crippen LogP contribution is -1.96. The molecular weight excluding hydrogens is 376 g/mol. The third-order valence-electron chi connectivity index (χ3n) is 4.71.